The molecule has 2 aromatic carbocycles. The minimum atomic E-state index is -4.93. The van der Waals surface area contributed by atoms with Crippen LogP contribution in [-0.4, -0.2) is 72.3 Å². The average molecular weight is 588 g/mol. The molecule has 40 heavy (non-hydrogen) atoms. The van der Waals surface area contributed by atoms with Gasteiger partial charge in [-0.15, -0.1) is 13.2 Å². The van der Waals surface area contributed by atoms with Crippen LogP contribution in [0.25, 0.3) is 0 Å². The molecule has 0 heterocycles. The third-order valence-electron chi connectivity index (χ3n) is 5.55. The van der Waals surface area contributed by atoms with Gasteiger partial charge in [-0.3, -0.25) is 0 Å². The van der Waals surface area contributed by atoms with E-state index < -0.39 is 30.3 Å². The summed E-state index contributed by atoms with van der Waals surface area (Å²) in [5.41, 5.74) is 0.762. The van der Waals surface area contributed by atoms with E-state index in [1.807, 2.05) is 0 Å². The van der Waals surface area contributed by atoms with Crippen molar-refractivity contribution < 1.29 is 46.8 Å². The summed E-state index contributed by atoms with van der Waals surface area (Å²) in [5.74, 6) is 0.0901. The lowest BCUT2D eigenvalue weighted by molar-refractivity contribution is -0.275. The molecule has 8 nitrogen and oxygen atoms in total. The predicted molar refractivity (Wildman–Crippen MR) is 146 cm³/mol. The molecule has 1 unspecified atom stereocenters. The standard InChI is InChI=1S/C28H36F3NO7S/c1-3-5-8-18-40-19-16-32(27(35)38-23-9-6-7-10-24(23)39-28(29,30)31)15-17-37-22-13-11-21(12-14-22)20-25(26(33)34)36-4-2/h6-7,9-14,25H,3-5,8,15-20H2,1-2H3,(H,33,34). The topological polar surface area (TPSA) is 94.5 Å². The highest BCUT2D eigenvalue weighted by Crippen LogP contribution is 2.32. The number of ether oxygens (including phenoxy) is 4. The Morgan fingerprint density at radius 1 is 0.975 bits per heavy atom. The number of para-hydroxylation sites is 2. The van der Waals surface area contributed by atoms with Crippen molar-refractivity contribution in [1.29, 1.82) is 0 Å². The fourth-order valence-corrected chi connectivity index (χ4v) is 4.52. The van der Waals surface area contributed by atoms with Crippen LogP contribution >= 0.6 is 11.8 Å². The minimum Gasteiger partial charge on any atom is -0.492 e. The van der Waals surface area contributed by atoms with Gasteiger partial charge in [0.25, 0.3) is 0 Å². The molecular formula is C28H36F3NO7S. The number of unbranched alkanes of at least 4 members (excludes halogenated alkanes) is 2. The molecule has 1 atom stereocenters. The monoisotopic (exact) mass is 587 g/mol. The number of hydrogen-bond acceptors (Lipinski definition) is 7. The largest absolute Gasteiger partial charge is 0.573 e. The van der Waals surface area contributed by atoms with E-state index in [1.54, 1.807) is 43.0 Å². The number of benzene rings is 2. The molecule has 222 valence electrons. The highest BCUT2D eigenvalue weighted by atomic mass is 32.2. The molecular weight excluding hydrogens is 551 g/mol. The number of hydrogen-bond donors (Lipinski definition) is 1. The zero-order valence-corrected chi connectivity index (χ0v) is 23.5. The van der Waals surface area contributed by atoms with Crippen LogP contribution in [-0.2, 0) is 16.0 Å². The molecule has 0 bridgehead atoms. The first-order valence-electron chi connectivity index (χ1n) is 13.1. The number of aliphatic carboxylic acids is 1. The van der Waals surface area contributed by atoms with Crippen LogP contribution in [0.1, 0.15) is 38.7 Å². The van der Waals surface area contributed by atoms with E-state index in [0.29, 0.717) is 18.0 Å². The van der Waals surface area contributed by atoms with Crippen LogP contribution in [0.2, 0.25) is 0 Å². The number of halogens is 3. The summed E-state index contributed by atoms with van der Waals surface area (Å²) >= 11 is 1.68. The molecule has 1 amide bonds. The van der Waals surface area contributed by atoms with E-state index in [2.05, 4.69) is 11.7 Å². The number of rotatable bonds is 18. The first-order chi connectivity index (χ1) is 19.1. The molecule has 0 spiro atoms. The summed E-state index contributed by atoms with van der Waals surface area (Å²) in [4.78, 5) is 25.6. The Bertz CT molecular complexity index is 1040. The van der Waals surface area contributed by atoms with Crippen LogP contribution in [0.4, 0.5) is 18.0 Å². The Balaban J connectivity index is 1.99. The SMILES string of the molecule is CCCCCSCCN(CCOc1ccc(CC(OCC)C(=O)O)cc1)C(=O)Oc1ccccc1OC(F)(F)F. The van der Waals surface area contributed by atoms with Gasteiger partial charge in [-0.2, -0.15) is 11.8 Å². The molecule has 0 fully saturated rings. The molecule has 0 aliphatic rings. The third kappa shape index (κ3) is 12.8. The summed E-state index contributed by atoms with van der Waals surface area (Å²) in [6.07, 6.45) is -3.21. The van der Waals surface area contributed by atoms with E-state index in [0.717, 1.165) is 36.6 Å². The fraction of sp³-hybridized carbons (Fsp3) is 0.500. The van der Waals surface area contributed by atoms with E-state index in [4.69, 9.17) is 14.2 Å². The maximum absolute atomic E-state index is 12.9. The molecule has 0 saturated heterocycles. The molecule has 2 rings (SSSR count). The van der Waals surface area contributed by atoms with Crippen LogP contribution in [0.5, 0.6) is 17.2 Å². The number of amides is 1. The van der Waals surface area contributed by atoms with Crippen molar-refractivity contribution >= 4 is 23.8 Å². The van der Waals surface area contributed by atoms with Crippen molar-refractivity contribution in [2.45, 2.75) is 52.0 Å². The lowest BCUT2D eigenvalue weighted by Gasteiger charge is -2.23. The van der Waals surface area contributed by atoms with E-state index >= 15 is 0 Å². The molecule has 0 aliphatic carbocycles. The van der Waals surface area contributed by atoms with Crippen LogP contribution < -0.4 is 14.2 Å². The molecule has 0 saturated carbocycles. The first kappa shape index (κ1) is 33.1. The highest BCUT2D eigenvalue weighted by Gasteiger charge is 2.33. The Labute approximate surface area is 236 Å². The Hall–Kier alpha value is -3.12. The van der Waals surface area contributed by atoms with E-state index in [-0.39, 0.29) is 31.9 Å². The number of alkyl halides is 3. The van der Waals surface area contributed by atoms with Gasteiger partial charge < -0.3 is 29.0 Å². The van der Waals surface area contributed by atoms with Crippen LogP contribution in [0, 0.1) is 0 Å². The van der Waals surface area contributed by atoms with Crippen LogP contribution in [0.3, 0.4) is 0 Å². The van der Waals surface area contributed by atoms with Crippen molar-refractivity contribution in [2.75, 3.05) is 37.8 Å². The second-order valence-corrected chi connectivity index (χ2v) is 9.87. The Morgan fingerprint density at radius 3 is 2.30 bits per heavy atom. The zero-order valence-electron chi connectivity index (χ0n) is 22.7. The van der Waals surface area contributed by atoms with E-state index in [9.17, 15) is 27.9 Å². The lowest BCUT2D eigenvalue weighted by Crippen LogP contribution is -2.38. The van der Waals surface area contributed by atoms with Crippen molar-refractivity contribution in [1.82, 2.24) is 4.90 Å². The number of carboxylic acid groups (broad SMARTS) is 1. The summed E-state index contributed by atoms with van der Waals surface area (Å²) in [6.45, 7) is 4.68. The number of nitrogens with zero attached hydrogens (tertiary/aromatic N) is 1. The summed E-state index contributed by atoms with van der Waals surface area (Å²) in [5, 5.41) is 9.26. The van der Waals surface area contributed by atoms with Crippen molar-refractivity contribution in [2.24, 2.45) is 0 Å². The van der Waals surface area contributed by atoms with Gasteiger partial charge in [0, 0.05) is 25.3 Å². The number of carbonyl (C=O) groups is 2. The number of carbonyl (C=O) groups excluding carboxylic acids is 1. The maximum Gasteiger partial charge on any atom is 0.573 e. The quantitative estimate of drug-likeness (QED) is 0.200. The second-order valence-electron chi connectivity index (χ2n) is 8.65. The van der Waals surface area contributed by atoms with Crippen LogP contribution in [0.15, 0.2) is 48.5 Å². The summed E-state index contributed by atoms with van der Waals surface area (Å²) in [6, 6.07) is 12.0. The van der Waals surface area contributed by atoms with Gasteiger partial charge >= 0.3 is 18.4 Å². The lowest BCUT2D eigenvalue weighted by atomic mass is 10.1. The molecule has 12 heteroatoms. The number of carboxylic acids is 1. The van der Waals surface area contributed by atoms with Gasteiger partial charge in [0.05, 0.1) is 6.54 Å². The molecule has 0 radical (unpaired) electrons. The smallest absolute Gasteiger partial charge is 0.492 e. The Morgan fingerprint density at radius 2 is 1.68 bits per heavy atom. The van der Waals surface area contributed by atoms with Gasteiger partial charge in [-0.05, 0) is 48.9 Å². The molecule has 0 aromatic heterocycles. The summed E-state index contributed by atoms with van der Waals surface area (Å²) in [7, 11) is 0. The average Bonchev–Trinajstić information content (AvgIpc) is 2.90. The van der Waals surface area contributed by atoms with Gasteiger partial charge in [0.15, 0.2) is 17.6 Å². The minimum absolute atomic E-state index is 0.104. The molecule has 2 aromatic rings. The predicted octanol–water partition coefficient (Wildman–Crippen LogP) is 6.42. The van der Waals surface area contributed by atoms with Crippen molar-refractivity contribution in [3.05, 3.63) is 54.1 Å². The zero-order chi connectivity index (χ0) is 29.4. The third-order valence-corrected chi connectivity index (χ3v) is 6.59. The maximum atomic E-state index is 12.9. The van der Waals surface area contributed by atoms with Gasteiger partial charge in [-0.1, -0.05) is 44.0 Å². The summed E-state index contributed by atoms with van der Waals surface area (Å²) < 4.78 is 58.6. The molecule has 0 aliphatic heterocycles. The van der Waals surface area contributed by atoms with Gasteiger partial charge in [0.1, 0.15) is 12.4 Å². The molecule has 1 N–H and O–H groups in total. The number of thioether (sulfide) groups is 1. The van der Waals surface area contributed by atoms with Gasteiger partial charge in [0.2, 0.25) is 0 Å². The normalized spacial score (nSPS) is 12.0. The highest BCUT2D eigenvalue weighted by molar-refractivity contribution is 7.99. The Kier molecular flexibility index (Phi) is 14.5. The van der Waals surface area contributed by atoms with Crippen molar-refractivity contribution in [3.63, 3.8) is 0 Å². The van der Waals surface area contributed by atoms with E-state index in [1.165, 1.54) is 23.1 Å². The van der Waals surface area contributed by atoms with Gasteiger partial charge in [-0.25, -0.2) is 9.59 Å². The first-order valence-corrected chi connectivity index (χ1v) is 14.2. The second kappa shape index (κ2) is 17.5. The van der Waals surface area contributed by atoms with Crippen molar-refractivity contribution in [3.8, 4) is 17.2 Å². The fourth-order valence-electron chi connectivity index (χ4n) is 3.56.